The normalized spacial score (nSPS) is 23.4. The largest absolute Gasteiger partial charge is 0.497 e. The molecule has 0 radical (unpaired) electrons. The molecule has 28 heavy (non-hydrogen) atoms. The highest BCUT2D eigenvalue weighted by atomic mass is 32.2. The van der Waals surface area contributed by atoms with Crippen LogP contribution in [0.1, 0.15) is 20.3 Å². The van der Waals surface area contributed by atoms with E-state index in [0.29, 0.717) is 13.0 Å². The number of nitrogens with zero attached hydrogens (tertiary/aromatic N) is 2. The third kappa shape index (κ3) is 4.60. The van der Waals surface area contributed by atoms with Crippen LogP contribution in [0.5, 0.6) is 5.75 Å². The number of benzene rings is 1. The van der Waals surface area contributed by atoms with E-state index in [9.17, 15) is 13.2 Å². The Hall–Kier alpha value is -1.80. The SMILES string of the molecule is CCN(C(=O)[C@@H](C)[NH+]1CCN(c2ccc(OC)cc2)CC1)[C@@H]1CCS(=O)(=O)C1. The van der Waals surface area contributed by atoms with Gasteiger partial charge in [-0.05, 0) is 44.5 Å². The van der Waals surface area contributed by atoms with Gasteiger partial charge in [-0.25, -0.2) is 8.42 Å². The van der Waals surface area contributed by atoms with Crippen molar-refractivity contribution in [1.29, 1.82) is 0 Å². The van der Waals surface area contributed by atoms with Crippen molar-refractivity contribution in [2.24, 2.45) is 0 Å². The zero-order valence-corrected chi connectivity index (χ0v) is 17.9. The molecular formula is C20H32N3O4S+. The number of carbonyl (C=O) groups excluding carboxylic acids is 1. The highest BCUT2D eigenvalue weighted by Gasteiger charge is 2.38. The third-order valence-corrected chi connectivity index (χ3v) is 7.85. The van der Waals surface area contributed by atoms with Gasteiger partial charge in [-0.15, -0.1) is 0 Å². The fraction of sp³-hybridized carbons (Fsp3) is 0.650. The van der Waals surface area contributed by atoms with Crippen molar-refractivity contribution >= 4 is 21.4 Å². The number of quaternary nitrogens is 1. The molecule has 1 N–H and O–H groups in total. The molecule has 156 valence electrons. The molecular weight excluding hydrogens is 378 g/mol. The van der Waals surface area contributed by atoms with E-state index >= 15 is 0 Å². The summed E-state index contributed by atoms with van der Waals surface area (Å²) in [7, 11) is -1.33. The van der Waals surface area contributed by atoms with E-state index in [-0.39, 0.29) is 29.5 Å². The highest BCUT2D eigenvalue weighted by molar-refractivity contribution is 7.91. The third-order valence-electron chi connectivity index (χ3n) is 6.10. The number of methoxy groups -OCH3 is 1. The molecule has 2 heterocycles. The number of carbonyl (C=O) groups is 1. The van der Waals surface area contributed by atoms with Crippen LogP contribution in [-0.2, 0) is 14.6 Å². The number of hydrogen-bond acceptors (Lipinski definition) is 5. The van der Waals surface area contributed by atoms with Gasteiger partial charge in [0.2, 0.25) is 0 Å². The van der Waals surface area contributed by atoms with Gasteiger partial charge in [0.1, 0.15) is 5.75 Å². The average molecular weight is 411 g/mol. The van der Waals surface area contributed by atoms with E-state index in [1.165, 1.54) is 10.6 Å². The van der Waals surface area contributed by atoms with Crippen molar-refractivity contribution in [3.63, 3.8) is 0 Å². The highest BCUT2D eigenvalue weighted by Crippen LogP contribution is 2.20. The fourth-order valence-electron chi connectivity index (χ4n) is 4.32. The number of hydrogen-bond donors (Lipinski definition) is 1. The second-order valence-electron chi connectivity index (χ2n) is 7.75. The molecule has 3 rings (SSSR count). The van der Waals surface area contributed by atoms with Gasteiger partial charge in [0.15, 0.2) is 15.9 Å². The summed E-state index contributed by atoms with van der Waals surface area (Å²) in [4.78, 5) is 18.5. The van der Waals surface area contributed by atoms with E-state index < -0.39 is 9.84 Å². The molecule has 2 atom stereocenters. The predicted molar refractivity (Wildman–Crippen MR) is 110 cm³/mol. The Morgan fingerprint density at radius 1 is 1.29 bits per heavy atom. The minimum Gasteiger partial charge on any atom is -0.497 e. The van der Waals surface area contributed by atoms with Crippen LogP contribution < -0.4 is 14.5 Å². The van der Waals surface area contributed by atoms with Gasteiger partial charge >= 0.3 is 0 Å². The summed E-state index contributed by atoms with van der Waals surface area (Å²) in [5, 5.41) is 0. The Morgan fingerprint density at radius 2 is 1.93 bits per heavy atom. The molecule has 0 unspecified atom stereocenters. The number of sulfone groups is 1. The maximum Gasteiger partial charge on any atom is 0.280 e. The van der Waals surface area contributed by atoms with Crippen LogP contribution in [0.25, 0.3) is 0 Å². The maximum atomic E-state index is 13.1. The molecule has 8 heteroatoms. The maximum absolute atomic E-state index is 13.1. The number of likely N-dealkylation sites (N-methyl/N-ethyl adjacent to an activating group) is 1. The summed E-state index contributed by atoms with van der Waals surface area (Å²) in [6.45, 7) is 8.04. The molecule has 0 saturated carbocycles. The number of ether oxygens (including phenoxy) is 1. The second-order valence-corrected chi connectivity index (χ2v) is 9.97. The minimum atomic E-state index is -2.99. The summed E-state index contributed by atoms with van der Waals surface area (Å²) in [5.41, 5.74) is 1.17. The lowest BCUT2D eigenvalue weighted by Crippen LogP contribution is -3.19. The first-order valence-electron chi connectivity index (χ1n) is 10.1. The lowest BCUT2D eigenvalue weighted by molar-refractivity contribution is -0.915. The second kappa shape index (κ2) is 8.69. The molecule has 1 aromatic rings. The molecule has 0 spiro atoms. The van der Waals surface area contributed by atoms with Gasteiger partial charge in [-0.3, -0.25) is 4.79 Å². The minimum absolute atomic E-state index is 0.0810. The topological polar surface area (TPSA) is 71.4 Å². The van der Waals surface area contributed by atoms with Crippen molar-refractivity contribution < 1.29 is 22.8 Å². The molecule has 1 aromatic carbocycles. The molecule has 0 aromatic heterocycles. The quantitative estimate of drug-likeness (QED) is 0.705. The lowest BCUT2D eigenvalue weighted by atomic mass is 10.1. The van der Waals surface area contributed by atoms with E-state index in [4.69, 9.17) is 4.74 Å². The monoisotopic (exact) mass is 410 g/mol. The first-order chi connectivity index (χ1) is 13.3. The Morgan fingerprint density at radius 3 is 2.43 bits per heavy atom. The van der Waals surface area contributed by atoms with Gasteiger partial charge < -0.3 is 19.4 Å². The Bertz CT molecular complexity index is 773. The Kier molecular flexibility index (Phi) is 6.50. The predicted octanol–water partition coefficient (Wildman–Crippen LogP) is -0.176. The van der Waals surface area contributed by atoms with Gasteiger partial charge in [0.25, 0.3) is 5.91 Å². The first-order valence-corrected chi connectivity index (χ1v) is 11.9. The molecule has 2 fully saturated rings. The first kappa shape index (κ1) is 20.9. The molecule has 2 aliphatic rings. The number of anilines is 1. The van der Waals surface area contributed by atoms with E-state index in [1.807, 2.05) is 26.0 Å². The molecule has 0 bridgehead atoms. The van der Waals surface area contributed by atoms with Crippen molar-refractivity contribution in [2.45, 2.75) is 32.4 Å². The van der Waals surface area contributed by atoms with Gasteiger partial charge in [0.05, 0.1) is 44.8 Å². The lowest BCUT2D eigenvalue weighted by Gasteiger charge is -2.38. The standard InChI is InChI=1S/C20H31N3O4S/c1-4-23(18-9-14-28(25,26)15-18)20(24)16(2)21-10-12-22(13-11-21)17-5-7-19(27-3)8-6-17/h5-8,16,18H,4,9-15H2,1-3H3/p+1/t16-,18-/m1/s1. The summed E-state index contributed by atoms with van der Waals surface area (Å²) in [5.74, 6) is 1.24. The summed E-state index contributed by atoms with van der Waals surface area (Å²) < 4.78 is 28.8. The van der Waals surface area contributed by atoms with E-state index in [1.54, 1.807) is 12.0 Å². The Balaban J connectivity index is 1.57. The van der Waals surface area contributed by atoms with Crippen molar-refractivity contribution in [1.82, 2.24) is 4.90 Å². The number of piperazine rings is 1. The Labute approximate surface area is 168 Å². The van der Waals surface area contributed by atoms with Gasteiger partial charge in [-0.2, -0.15) is 0 Å². The summed E-state index contributed by atoms with van der Waals surface area (Å²) in [6, 6.07) is 7.76. The van der Waals surface area contributed by atoms with Crippen LogP contribution in [0.3, 0.4) is 0 Å². The van der Waals surface area contributed by atoms with Crippen molar-refractivity contribution in [2.75, 3.05) is 56.2 Å². The summed E-state index contributed by atoms with van der Waals surface area (Å²) in [6.07, 6.45) is 0.565. The fourth-order valence-corrected chi connectivity index (χ4v) is 6.05. The zero-order chi connectivity index (χ0) is 20.3. The van der Waals surface area contributed by atoms with Gasteiger partial charge in [-0.1, -0.05) is 0 Å². The number of nitrogens with one attached hydrogen (secondary N) is 1. The van der Waals surface area contributed by atoms with E-state index in [2.05, 4.69) is 17.0 Å². The van der Waals surface area contributed by atoms with Gasteiger partial charge in [0, 0.05) is 18.3 Å². The van der Waals surface area contributed by atoms with Crippen LogP contribution in [0, 0.1) is 0 Å². The molecule has 0 aliphatic carbocycles. The summed E-state index contributed by atoms with van der Waals surface area (Å²) >= 11 is 0. The molecule has 2 aliphatic heterocycles. The van der Waals surface area contributed by atoms with Crippen LogP contribution >= 0.6 is 0 Å². The molecule has 1 amide bonds. The number of amides is 1. The van der Waals surface area contributed by atoms with Crippen molar-refractivity contribution in [3.8, 4) is 5.75 Å². The zero-order valence-electron chi connectivity index (χ0n) is 17.1. The van der Waals surface area contributed by atoms with Crippen molar-refractivity contribution in [3.05, 3.63) is 24.3 Å². The van der Waals surface area contributed by atoms with Crippen LogP contribution in [0.2, 0.25) is 0 Å². The van der Waals surface area contributed by atoms with Crippen LogP contribution in [-0.4, -0.2) is 82.6 Å². The van der Waals surface area contributed by atoms with Crippen LogP contribution in [0.4, 0.5) is 5.69 Å². The van der Waals surface area contributed by atoms with E-state index in [0.717, 1.165) is 31.9 Å². The smallest absolute Gasteiger partial charge is 0.280 e. The average Bonchev–Trinajstić information content (AvgIpc) is 3.07. The van der Waals surface area contributed by atoms with Crippen LogP contribution in [0.15, 0.2) is 24.3 Å². The number of rotatable bonds is 6. The molecule has 2 saturated heterocycles. The molecule has 7 nitrogen and oxygen atoms in total.